The van der Waals surface area contributed by atoms with E-state index in [9.17, 15) is 13.2 Å². The van der Waals surface area contributed by atoms with Gasteiger partial charge in [0.1, 0.15) is 12.7 Å². The fourth-order valence-corrected chi connectivity index (χ4v) is 4.44. The average Bonchev–Trinajstić information content (AvgIpc) is 3.49. The topological polar surface area (TPSA) is 42.1 Å². The third kappa shape index (κ3) is 6.09. The highest BCUT2D eigenvalue weighted by atomic mass is 35.5. The minimum Gasteiger partial charge on any atom is -0.369 e. The average molecular weight is 527 g/mol. The van der Waals surface area contributed by atoms with Crippen molar-refractivity contribution < 1.29 is 13.2 Å². The number of aryl methyl sites for hydroxylation is 1. The molecule has 0 aliphatic carbocycles. The van der Waals surface area contributed by atoms with E-state index >= 15 is 0 Å². The van der Waals surface area contributed by atoms with E-state index in [4.69, 9.17) is 0 Å². The van der Waals surface area contributed by atoms with Gasteiger partial charge < -0.3 is 9.47 Å². The highest BCUT2D eigenvalue weighted by molar-refractivity contribution is 5.85. The van der Waals surface area contributed by atoms with Gasteiger partial charge in [-0.2, -0.15) is 13.2 Å². The summed E-state index contributed by atoms with van der Waals surface area (Å²) in [5.41, 5.74) is 2.26. The maximum Gasteiger partial charge on any atom is 0.416 e. The molecule has 2 aromatic heterocycles. The van der Waals surface area contributed by atoms with Gasteiger partial charge in [-0.25, -0.2) is 0 Å². The molecule has 35 heavy (non-hydrogen) atoms. The van der Waals surface area contributed by atoms with E-state index in [-0.39, 0.29) is 24.8 Å². The summed E-state index contributed by atoms with van der Waals surface area (Å²) in [6.07, 6.45) is 2.19. The number of halogens is 5. The molecule has 0 spiro atoms. The molecule has 1 aliphatic rings. The summed E-state index contributed by atoms with van der Waals surface area (Å²) >= 11 is 0. The third-order valence-corrected chi connectivity index (χ3v) is 6.26. The summed E-state index contributed by atoms with van der Waals surface area (Å²) < 4.78 is 43.2. The minimum atomic E-state index is -4.31. The van der Waals surface area contributed by atoms with Crippen molar-refractivity contribution in [1.29, 1.82) is 0 Å². The van der Waals surface area contributed by atoms with E-state index in [1.165, 1.54) is 23.0 Å². The first kappa shape index (κ1) is 26.8. The van der Waals surface area contributed by atoms with E-state index < -0.39 is 11.7 Å². The van der Waals surface area contributed by atoms with Crippen LogP contribution in [0.5, 0.6) is 0 Å². The first-order valence-electron chi connectivity index (χ1n) is 11.1. The maximum atomic E-state index is 13.0. The molecule has 0 radical (unpaired) electrons. The number of anilines is 1. The molecule has 0 N–H and O–H groups in total. The van der Waals surface area contributed by atoms with Crippen LogP contribution >= 0.6 is 24.8 Å². The van der Waals surface area contributed by atoms with Crippen LogP contribution in [0.25, 0.3) is 16.6 Å². The first-order chi connectivity index (χ1) is 16.0. The van der Waals surface area contributed by atoms with Crippen LogP contribution in [0.1, 0.15) is 12.0 Å². The predicted octanol–water partition coefficient (Wildman–Crippen LogP) is 5.30. The molecular weight excluding hydrogens is 500 g/mol. The van der Waals surface area contributed by atoms with Gasteiger partial charge in [0.05, 0.1) is 16.8 Å². The van der Waals surface area contributed by atoms with Crippen LogP contribution in [0.3, 0.4) is 0 Å². The molecule has 188 valence electrons. The number of benzene rings is 2. The van der Waals surface area contributed by atoms with Crippen LogP contribution in [-0.2, 0) is 12.7 Å². The zero-order valence-corrected chi connectivity index (χ0v) is 20.6. The fourth-order valence-electron chi connectivity index (χ4n) is 4.44. The highest BCUT2D eigenvalue weighted by Gasteiger charge is 2.31. The Bertz CT molecular complexity index is 1220. The summed E-state index contributed by atoms with van der Waals surface area (Å²) in [7, 11) is 0. The number of rotatable bonds is 6. The zero-order valence-electron chi connectivity index (χ0n) is 18.9. The van der Waals surface area contributed by atoms with Crippen molar-refractivity contribution in [2.24, 2.45) is 0 Å². The smallest absolute Gasteiger partial charge is 0.369 e. The van der Waals surface area contributed by atoms with Gasteiger partial charge in [-0.15, -0.1) is 35.0 Å². The predicted molar refractivity (Wildman–Crippen MR) is 136 cm³/mol. The molecule has 0 bridgehead atoms. The maximum absolute atomic E-state index is 13.0. The minimum absolute atomic E-state index is 0. The Morgan fingerprint density at radius 1 is 0.800 bits per heavy atom. The van der Waals surface area contributed by atoms with Gasteiger partial charge in [-0.05, 0) is 54.8 Å². The van der Waals surface area contributed by atoms with Gasteiger partial charge in [-0.3, -0.25) is 9.47 Å². The summed E-state index contributed by atoms with van der Waals surface area (Å²) in [5.74, 6) is 0. The van der Waals surface area contributed by atoms with Crippen molar-refractivity contribution in [2.45, 2.75) is 19.1 Å². The van der Waals surface area contributed by atoms with Gasteiger partial charge in [0.15, 0.2) is 0 Å². The second-order valence-corrected chi connectivity index (χ2v) is 8.35. The molecule has 0 saturated carbocycles. The van der Waals surface area contributed by atoms with Gasteiger partial charge in [0.2, 0.25) is 0 Å². The number of piperazine rings is 1. The van der Waals surface area contributed by atoms with Gasteiger partial charge in [0, 0.05) is 44.6 Å². The lowest BCUT2D eigenvalue weighted by atomic mass is 10.1. The number of hydrogen-bond acceptors (Lipinski definition) is 4. The Balaban J connectivity index is 0.00000171. The lowest BCUT2D eigenvalue weighted by Crippen LogP contribution is -2.46. The summed E-state index contributed by atoms with van der Waals surface area (Å²) in [5, 5.41) is 8.95. The van der Waals surface area contributed by atoms with E-state index in [1.807, 2.05) is 9.47 Å². The molecule has 1 fully saturated rings. The molecule has 0 amide bonds. The molecule has 5 rings (SSSR count). The highest BCUT2D eigenvalue weighted by Crippen LogP contribution is 2.32. The number of hydrogen-bond donors (Lipinski definition) is 0. The standard InChI is InChI=1S/C24H25F3N6.2ClH/c25-24(26,27)20-3-1-4-21(15-20)31-13-11-30(12-14-31)8-2-9-32-10-7-19-5-6-22(16-23(19)32)33-17-28-29-18-33;;/h1,3-7,10,15-18H,2,8-9,11-14H2;2*1H. The molecule has 0 unspecified atom stereocenters. The Hall–Kier alpha value is -2.75. The van der Waals surface area contributed by atoms with Crippen molar-refractivity contribution in [3.63, 3.8) is 0 Å². The van der Waals surface area contributed by atoms with Crippen molar-refractivity contribution in [3.05, 3.63) is 72.9 Å². The lowest BCUT2D eigenvalue weighted by molar-refractivity contribution is -0.137. The second-order valence-electron chi connectivity index (χ2n) is 8.35. The van der Waals surface area contributed by atoms with Gasteiger partial charge in [-0.1, -0.05) is 12.1 Å². The normalized spacial score (nSPS) is 14.5. The molecule has 6 nitrogen and oxygen atoms in total. The Morgan fingerprint density at radius 2 is 1.54 bits per heavy atom. The van der Waals surface area contributed by atoms with Crippen LogP contribution in [0.15, 0.2) is 67.4 Å². The Labute approximate surface area is 214 Å². The Kier molecular flexibility index (Phi) is 8.69. The van der Waals surface area contributed by atoms with Crippen LogP contribution < -0.4 is 4.90 Å². The number of fused-ring (bicyclic) bond motifs is 1. The van der Waals surface area contributed by atoms with E-state index in [0.717, 1.165) is 57.4 Å². The molecular formula is C24H27Cl2F3N6. The monoisotopic (exact) mass is 526 g/mol. The number of nitrogens with zero attached hydrogens (tertiary/aromatic N) is 6. The number of alkyl halides is 3. The quantitative estimate of drug-likeness (QED) is 0.342. The molecule has 2 aromatic carbocycles. The van der Waals surface area contributed by atoms with Gasteiger partial charge in [0.25, 0.3) is 0 Å². The van der Waals surface area contributed by atoms with Crippen LogP contribution in [0.2, 0.25) is 0 Å². The van der Waals surface area contributed by atoms with Crippen LogP contribution in [0.4, 0.5) is 18.9 Å². The zero-order chi connectivity index (χ0) is 22.8. The lowest BCUT2D eigenvalue weighted by Gasteiger charge is -2.36. The second kappa shape index (κ2) is 11.3. The summed E-state index contributed by atoms with van der Waals surface area (Å²) in [6.45, 7) is 5.03. The Morgan fingerprint density at radius 3 is 2.26 bits per heavy atom. The van der Waals surface area contributed by atoms with Crippen molar-refractivity contribution >= 4 is 41.4 Å². The van der Waals surface area contributed by atoms with E-state index in [0.29, 0.717) is 5.69 Å². The van der Waals surface area contributed by atoms with Crippen molar-refractivity contribution in [2.75, 3.05) is 37.6 Å². The molecule has 4 aromatic rings. The molecule has 3 heterocycles. The van der Waals surface area contributed by atoms with E-state index in [1.54, 1.807) is 18.7 Å². The molecule has 1 saturated heterocycles. The largest absolute Gasteiger partial charge is 0.416 e. The molecule has 0 atom stereocenters. The first-order valence-corrected chi connectivity index (χ1v) is 11.1. The van der Waals surface area contributed by atoms with Crippen LogP contribution in [-0.4, -0.2) is 57.0 Å². The van der Waals surface area contributed by atoms with Crippen LogP contribution in [0, 0.1) is 0 Å². The molecule has 1 aliphatic heterocycles. The van der Waals surface area contributed by atoms with E-state index in [2.05, 4.69) is 50.1 Å². The fraction of sp³-hybridized carbons (Fsp3) is 0.333. The van der Waals surface area contributed by atoms with Crippen molar-refractivity contribution in [1.82, 2.24) is 24.2 Å². The molecule has 11 heteroatoms. The third-order valence-electron chi connectivity index (χ3n) is 6.26. The SMILES string of the molecule is Cl.Cl.FC(F)(F)c1cccc(N2CCN(CCCn3ccc4ccc(-n5cnnc5)cc43)CC2)c1. The summed E-state index contributed by atoms with van der Waals surface area (Å²) in [6, 6.07) is 14.1. The van der Waals surface area contributed by atoms with Gasteiger partial charge >= 0.3 is 6.18 Å². The van der Waals surface area contributed by atoms with Crippen molar-refractivity contribution in [3.8, 4) is 5.69 Å². The summed E-state index contributed by atoms with van der Waals surface area (Å²) in [4.78, 5) is 4.43. The number of aromatic nitrogens is 4.